The Morgan fingerprint density at radius 3 is 2.33 bits per heavy atom. The van der Waals surface area contributed by atoms with Gasteiger partial charge in [0.15, 0.2) is 0 Å². The Labute approximate surface area is 94.9 Å². The van der Waals surface area contributed by atoms with Crippen molar-refractivity contribution >= 4 is 28.0 Å². The van der Waals surface area contributed by atoms with Gasteiger partial charge in [0.2, 0.25) is 5.12 Å². The predicted octanol–water partition coefficient (Wildman–Crippen LogP) is 2.12. The molecule has 1 aromatic carbocycles. The number of hydrogen-bond donors (Lipinski definition) is 0. The van der Waals surface area contributed by atoms with E-state index in [9.17, 15) is 13.6 Å². The second kappa shape index (κ2) is 5.25. The normalized spacial score (nSPS) is 12.1. The van der Waals surface area contributed by atoms with E-state index >= 15 is 0 Å². The molecule has 0 aliphatic heterocycles. The van der Waals surface area contributed by atoms with Crippen molar-refractivity contribution in [2.45, 2.75) is 16.7 Å². The fraction of sp³-hybridized carbons (Fsp3) is 0.100. The number of thioether (sulfide) groups is 1. The zero-order valence-corrected chi connectivity index (χ0v) is 9.69. The van der Waals surface area contributed by atoms with E-state index in [0.717, 1.165) is 11.8 Å². The molecule has 0 amide bonds. The van der Waals surface area contributed by atoms with Crippen LogP contribution in [0.1, 0.15) is 6.92 Å². The van der Waals surface area contributed by atoms with Crippen LogP contribution in [0.3, 0.4) is 0 Å². The topological polar surface area (TPSA) is 57.2 Å². The Morgan fingerprint density at radius 1 is 1.40 bits per heavy atom. The molecule has 1 rings (SSSR count). The molecule has 1 atom stereocenters. The molecule has 1 aromatic rings. The quantitative estimate of drug-likeness (QED) is 0.462. The van der Waals surface area contributed by atoms with Crippen LogP contribution in [0, 0.1) is 0 Å². The molecule has 0 saturated heterocycles. The standard InChI is InChI=1S/C10H10O3S2/c1-7(2)10(11)14-8-3-5-9(6-4-8)15(12)13/h3-6H,1H2,2H3,(H,12,13)/p-1. The van der Waals surface area contributed by atoms with E-state index in [4.69, 9.17) is 0 Å². The second-order valence-electron chi connectivity index (χ2n) is 2.88. The van der Waals surface area contributed by atoms with E-state index in [1.54, 1.807) is 19.1 Å². The number of benzene rings is 1. The minimum absolute atomic E-state index is 0.119. The van der Waals surface area contributed by atoms with E-state index in [1.165, 1.54) is 12.1 Å². The Kier molecular flexibility index (Phi) is 4.26. The van der Waals surface area contributed by atoms with Gasteiger partial charge in [-0.2, -0.15) is 0 Å². The molecular weight excluding hydrogens is 232 g/mol. The summed E-state index contributed by atoms with van der Waals surface area (Å²) in [5.74, 6) is 0. The summed E-state index contributed by atoms with van der Waals surface area (Å²) in [6.45, 7) is 5.16. The van der Waals surface area contributed by atoms with Crippen LogP contribution in [-0.2, 0) is 15.9 Å². The van der Waals surface area contributed by atoms with Gasteiger partial charge in [-0.25, -0.2) is 0 Å². The van der Waals surface area contributed by atoms with Crippen LogP contribution in [0.15, 0.2) is 46.2 Å². The van der Waals surface area contributed by atoms with E-state index in [2.05, 4.69) is 6.58 Å². The molecule has 0 saturated carbocycles. The molecular formula is C10H9O3S2-. The minimum Gasteiger partial charge on any atom is -0.768 e. The van der Waals surface area contributed by atoms with Crippen molar-refractivity contribution in [2.24, 2.45) is 0 Å². The fourth-order valence-electron chi connectivity index (χ4n) is 0.813. The number of carbonyl (C=O) groups is 1. The van der Waals surface area contributed by atoms with E-state index < -0.39 is 11.1 Å². The van der Waals surface area contributed by atoms with Crippen LogP contribution in [0.5, 0.6) is 0 Å². The number of rotatable bonds is 3. The Bertz CT molecular complexity index is 409. The van der Waals surface area contributed by atoms with E-state index in [0.29, 0.717) is 10.5 Å². The molecule has 0 spiro atoms. The maximum Gasteiger partial charge on any atom is 0.219 e. The fourth-order valence-corrected chi connectivity index (χ4v) is 1.83. The Balaban J connectivity index is 2.77. The highest BCUT2D eigenvalue weighted by Gasteiger charge is 2.04. The molecule has 0 fully saturated rings. The first-order valence-corrected chi connectivity index (χ1v) is 5.97. The monoisotopic (exact) mass is 241 g/mol. The van der Waals surface area contributed by atoms with Crippen LogP contribution in [0.2, 0.25) is 0 Å². The van der Waals surface area contributed by atoms with Crippen molar-refractivity contribution in [2.75, 3.05) is 0 Å². The first-order chi connectivity index (χ1) is 7.00. The van der Waals surface area contributed by atoms with Gasteiger partial charge in [-0.05, 0) is 59.6 Å². The smallest absolute Gasteiger partial charge is 0.219 e. The molecule has 0 N–H and O–H groups in total. The summed E-state index contributed by atoms with van der Waals surface area (Å²) in [6, 6.07) is 6.10. The van der Waals surface area contributed by atoms with Crippen molar-refractivity contribution in [1.82, 2.24) is 0 Å². The lowest BCUT2D eigenvalue weighted by Gasteiger charge is -2.05. The maximum atomic E-state index is 11.3. The lowest BCUT2D eigenvalue weighted by Crippen LogP contribution is -1.92. The highest BCUT2D eigenvalue weighted by Crippen LogP contribution is 2.22. The summed E-state index contributed by atoms with van der Waals surface area (Å²) in [4.78, 5) is 12.2. The predicted molar refractivity (Wildman–Crippen MR) is 59.3 cm³/mol. The average molecular weight is 241 g/mol. The summed E-state index contributed by atoms with van der Waals surface area (Å²) < 4.78 is 21.1. The summed E-state index contributed by atoms with van der Waals surface area (Å²) in [7, 11) is 0. The maximum absolute atomic E-state index is 11.3. The minimum atomic E-state index is -2.22. The highest BCUT2D eigenvalue weighted by molar-refractivity contribution is 8.14. The molecule has 1 unspecified atom stereocenters. The van der Waals surface area contributed by atoms with Crippen LogP contribution in [0.4, 0.5) is 0 Å². The molecule has 0 heterocycles. The first-order valence-electron chi connectivity index (χ1n) is 4.07. The Hall–Kier alpha value is -0.910. The van der Waals surface area contributed by atoms with Gasteiger partial charge in [0.1, 0.15) is 0 Å². The summed E-state index contributed by atoms with van der Waals surface area (Å²) in [5, 5.41) is -0.119. The molecule has 3 nitrogen and oxygen atoms in total. The zero-order chi connectivity index (χ0) is 11.4. The van der Waals surface area contributed by atoms with Crippen molar-refractivity contribution < 1.29 is 13.6 Å². The lowest BCUT2D eigenvalue weighted by atomic mass is 10.4. The van der Waals surface area contributed by atoms with E-state index in [-0.39, 0.29) is 10.0 Å². The lowest BCUT2D eigenvalue weighted by molar-refractivity contribution is -0.107. The second-order valence-corrected chi connectivity index (χ2v) is 4.86. The average Bonchev–Trinajstić information content (AvgIpc) is 2.18. The molecule has 0 radical (unpaired) electrons. The van der Waals surface area contributed by atoms with Gasteiger partial charge >= 0.3 is 0 Å². The summed E-state index contributed by atoms with van der Waals surface area (Å²) >= 11 is -1.19. The van der Waals surface area contributed by atoms with Gasteiger partial charge in [0.25, 0.3) is 0 Å². The largest absolute Gasteiger partial charge is 0.768 e. The van der Waals surface area contributed by atoms with Crippen LogP contribution < -0.4 is 0 Å². The molecule has 0 aliphatic carbocycles. The number of hydrogen-bond acceptors (Lipinski definition) is 4. The molecule has 15 heavy (non-hydrogen) atoms. The van der Waals surface area contributed by atoms with Crippen molar-refractivity contribution in [3.63, 3.8) is 0 Å². The van der Waals surface area contributed by atoms with Gasteiger partial charge in [-0.15, -0.1) is 0 Å². The molecule has 0 aliphatic rings. The van der Waals surface area contributed by atoms with Crippen molar-refractivity contribution in [3.05, 3.63) is 36.4 Å². The van der Waals surface area contributed by atoms with Crippen LogP contribution in [0.25, 0.3) is 0 Å². The third-order valence-corrected chi connectivity index (χ3v) is 3.27. The summed E-state index contributed by atoms with van der Waals surface area (Å²) in [6.07, 6.45) is 0. The first kappa shape index (κ1) is 12.2. The van der Waals surface area contributed by atoms with E-state index in [1.807, 2.05) is 0 Å². The van der Waals surface area contributed by atoms with Crippen LogP contribution in [-0.4, -0.2) is 13.9 Å². The van der Waals surface area contributed by atoms with Crippen LogP contribution >= 0.6 is 11.8 Å². The molecule has 0 bridgehead atoms. The van der Waals surface area contributed by atoms with Crippen molar-refractivity contribution in [1.29, 1.82) is 0 Å². The molecule has 5 heteroatoms. The van der Waals surface area contributed by atoms with Crippen molar-refractivity contribution in [3.8, 4) is 0 Å². The zero-order valence-electron chi connectivity index (χ0n) is 8.06. The third-order valence-electron chi connectivity index (χ3n) is 1.58. The summed E-state index contributed by atoms with van der Waals surface area (Å²) in [5.41, 5.74) is 0.469. The van der Waals surface area contributed by atoms with Gasteiger partial charge in [0.05, 0.1) is 0 Å². The van der Waals surface area contributed by atoms with Gasteiger partial charge in [-0.3, -0.25) is 9.00 Å². The molecule has 0 aromatic heterocycles. The molecule has 80 valence electrons. The van der Waals surface area contributed by atoms with Gasteiger partial charge < -0.3 is 4.55 Å². The van der Waals surface area contributed by atoms with Gasteiger partial charge in [-0.1, -0.05) is 6.58 Å². The highest BCUT2D eigenvalue weighted by atomic mass is 32.2. The van der Waals surface area contributed by atoms with Gasteiger partial charge in [0, 0.05) is 9.79 Å². The Morgan fingerprint density at radius 2 is 1.93 bits per heavy atom. The number of carbonyl (C=O) groups excluding carboxylic acids is 1. The SMILES string of the molecule is C=C(C)C(=O)Sc1ccc(S(=O)[O-])cc1. The third kappa shape index (κ3) is 3.62.